The Morgan fingerprint density at radius 3 is 2.33 bits per heavy atom. The van der Waals surface area contributed by atoms with Crippen LogP contribution in [0.2, 0.25) is 5.54 Å². The summed E-state index contributed by atoms with van der Waals surface area (Å²) in [5, 5.41) is 3.02. The molecular weight excluding hydrogens is 90.1 g/mol. The van der Waals surface area contributed by atoms with Crippen LogP contribution in [0.5, 0.6) is 0 Å². The summed E-state index contributed by atoms with van der Waals surface area (Å²) in [5.74, 6) is 0. The highest BCUT2D eigenvalue weighted by molar-refractivity contribution is 6.11. The van der Waals surface area contributed by atoms with E-state index in [1.165, 1.54) is 0 Å². The minimum absolute atomic E-state index is 0.593. The Morgan fingerprint density at radius 1 is 1.83 bits per heavy atom. The molecule has 0 aliphatic heterocycles. The fourth-order valence-electron chi connectivity index (χ4n) is 0.306. The first kappa shape index (κ1) is 6.18. The molecule has 0 fully saturated rings. The minimum Gasteiger partial charge on any atom is -0.320 e. The van der Waals surface area contributed by atoms with Gasteiger partial charge in [0.2, 0.25) is 0 Å². The summed E-state index contributed by atoms with van der Waals surface area (Å²) in [4.78, 5) is 0. The lowest BCUT2D eigenvalue weighted by atomic mass is 10.5. The predicted molar refractivity (Wildman–Crippen MR) is 29.1 cm³/mol. The zero-order valence-corrected chi connectivity index (χ0v) is 5.28. The first-order valence-electron chi connectivity index (χ1n) is 2.13. The molecule has 0 aliphatic rings. The van der Waals surface area contributed by atoms with Crippen molar-refractivity contribution in [1.82, 2.24) is 5.32 Å². The van der Waals surface area contributed by atoms with Crippen molar-refractivity contribution in [2.24, 2.45) is 0 Å². The van der Waals surface area contributed by atoms with E-state index in [0.717, 1.165) is 6.54 Å². The van der Waals surface area contributed by atoms with Gasteiger partial charge in [-0.15, -0.1) is 0 Å². The number of hydrogen-bond donors (Lipinski definition) is 1. The van der Waals surface area contributed by atoms with E-state index >= 15 is 0 Å². The normalized spacial score (nSPS) is 14.5. The summed E-state index contributed by atoms with van der Waals surface area (Å²) in [6, 6.07) is 0. The van der Waals surface area contributed by atoms with Crippen LogP contribution in [0, 0.1) is 0 Å². The molecule has 0 bridgehead atoms. The van der Waals surface area contributed by atoms with Crippen molar-refractivity contribution in [3.05, 3.63) is 0 Å². The summed E-state index contributed by atoms with van der Waals surface area (Å²) in [6.45, 7) is 3.14. The van der Waals surface area contributed by atoms with Gasteiger partial charge in [0.25, 0.3) is 0 Å². The van der Waals surface area contributed by atoms with Crippen molar-refractivity contribution >= 4 is 10.2 Å². The summed E-state index contributed by atoms with van der Waals surface area (Å²) >= 11 is 0. The van der Waals surface area contributed by atoms with E-state index in [9.17, 15) is 0 Å². The first-order chi connectivity index (χ1) is 2.77. The van der Waals surface area contributed by atoms with Crippen LogP contribution in [0.4, 0.5) is 0 Å². The van der Waals surface area contributed by atoms with Crippen LogP contribution in [0.25, 0.3) is 0 Å². The molecule has 0 saturated carbocycles. The fourth-order valence-corrected chi connectivity index (χ4v) is 0.510. The Morgan fingerprint density at radius 2 is 2.33 bits per heavy atom. The molecule has 0 spiro atoms. The van der Waals surface area contributed by atoms with Gasteiger partial charge in [-0.25, -0.2) is 0 Å². The van der Waals surface area contributed by atoms with Crippen molar-refractivity contribution < 1.29 is 0 Å². The van der Waals surface area contributed by atoms with Gasteiger partial charge in [-0.05, 0) is 19.1 Å². The van der Waals surface area contributed by atoms with E-state index in [0.29, 0.717) is 5.54 Å². The van der Waals surface area contributed by atoms with Gasteiger partial charge in [-0.3, -0.25) is 0 Å². The molecular formula is C4H10NSi. The maximum absolute atomic E-state index is 3.42. The molecule has 0 rings (SSSR count). The van der Waals surface area contributed by atoms with Crippen LogP contribution in [0.1, 0.15) is 6.92 Å². The van der Waals surface area contributed by atoms with Crippen molar-refractivity contribution in [2.75, 3.05) is 13.6 Å². The molecule has 1 N–H and O–H groups in total. The molecule has 0 saturated heterocycles. The molecule has 1 unspecified atom stereocenters. The largest absolute Gasteiger partial charge is 0.320 e. The first-order valence-corrected chi connectivity index (χ1v) is 2.71. The zero-order valence-electron chi connectivity index (χ0n) is 4.28. The van der Waals surface area contributed by atoms with Crippen LogP contribution in [-0.4, -0.2) is 23.8 Å². The molecule has 1 atom stereocenters. The third-order valence-corrected chi connectivity index (χ3v) is 0.714. The third-order valence-electron chi connectivity index (χ3n) is 0.510. The Bertz CT molecular complexity index is 28.7. The monoisotopic (exact) mass is 100 g/mol. The number of nitrogens with one attached hydrogen (secondary N) is 1. The standard InChI is InChI=1S/C4H10NSi/c1-4(6)3-5-2/h4-5H,3H2,1-2H3. The smallest absolute Gasteiger partial charge is 0.0279 e. The predicted octanol–water partition coefficient (Wildman–Crippen LogP) is 0.183. The summed E-state index contributed by atoms with van der Waals surface area (Å²) < 4.78 is 0. The van der Waals surface area contributed by atoms with E-state index < -0.39 is 0 Å². The lowest BCUT2D eigenvalue weighted by molar-refractivity contribution is 0.770. The van der Waals surface area contributed by atoms with Gasteiger partial charge >= 0.3 is 0 Å². The lowest BCUT2D eigenvalue weighted by Crippen LogP contribution is -2.11. The molecule has 0 aromatic heterocycles. The van der Waals surface area contributed by atoms with Crippen molar-refractivity contribution in [2.45, 2.75) is 12.5 Å². The van der Waals surface area contributed by atoms with E-state index in [1.54, 1.807) is 0 Å². The Kier molecular flexibility index (Phi) is 3.47. The second-order valence-corrected chi connectivity index (χ2v) is 2.44. The van der Waals surface area contributed by atoms with Gasteiger partial charge in [-0.1, -0.05) is 6.92 Å². The maximum atomic E-state index is 3.42. The van der Waals surface area contributed by atoms with E-state index in [2.05, 4.69) is 22.5 Å². The molecule has 6 heavy (non-hydrogen) atoms. The van der Waals surface area contributed by atoms with Gasteiger partial charge < -0.3 is 5.32 Å². The summed E-state index contributed by atoms with van der Waals surface area (Å²) in [6.07, 6.45) is 0. The van der Waals surface area contributed by atoms with Gasteiger partial charge in [0.05, 0.1) is 0 Å². The Hall–Kier alpha value is 0.177. The van der Waals surface area contributed by atoms with Gasteiger partial charge in [0, 0.05) is 10.2 Å². The molecule has 0 aromatic rings. The van der Waals surface area contributed by atoms with Crippen molar-refractivity contribution in [3.63, 3.8) is 0 Å². The second-order valence-electron chi connectivity index (χ2n) is 1.46. The molecule has 3 radical (unpaired) electrons. The molecule has 0 heterocycles. The van der Waals surface area contributed by atoms with E-state index in [1.807, 2.05) is 7.05 Å². The van der Waals surface area contributed by atoms with Gasteiger partial charge in [0.1, 0.15) is 0 Å². The molecule has 2 heteroatoms. The number of hydrogen-bond acceptors (Lipinski definition) is 1. The van der Waals surface area contributed by atoms with E-state index in [-0.39, 0.29) is 0 Å². The van der Waals surface area contributed by atoms with E-state index in [4.69, 9.17) is 0 Å². The third kappa shape index (κ3) is 4.18. The zero-order chi connectivity index (χ0) is 4.99. The van der Waals surface area contributed by atoms with Gasteiger partial charge in [-0.2, -0.15) is 0 Å². The Labute approximate surface area is 42.6 Å². The maximum Gasteiger partial charge on any atom is 0.0279 e. The van der Waals surface area contributed by atoms with Crippen LogP contribution in [-0.2, 0) is 0 Å². The molecule has 0 amide bonds. The van der Waals surface area contributed by atoms with Crippen molar-refractivity contribution in [3.8, 4) is 0 Å². The minimum atomic E-state index is 0.593. The Balaban J connectivity index is 2.63. The van der Waals surface area contributed by atoms with Crippen LogP contribution < -0.4 is 5.32 Å². The van der Waals surface area contributed by atoms with Gasteiger partial charge in [0.15, 0.2) is 0 Å². The highest BCUT2D eigenvalue weighted by Crippen LogP contribution is 1.87. The van der Waals surface area contributed by atoms with Crippen LogP contribution in [0.3, 0.4) is 0 Å². The van der Waals surface area contributed by atoms with Crippen LogP contribution in [0.15, 0.2) is 0 Å². The fraction of sp³-hybridized carbons (Fsp3) is 1.00. The van der Waals surface area contributed by atoms with Crippen molar-refractivity contribution in [1.29, 1.82) is 0 Å². The molecule has 0 aromatic carbocycles. The summed E-state index contributed by atoms with van der Waals surface area (Å²) in [5.41, 5.74) is 0.593. The SMILES string of the molecule is CNCC(C)[Si]. The highest BCUT2D eigenvalue weighted by Gasteiger charge is 1.85. The molecule has 35 valence electrons. The summed E-state index contributed by atoms with van der Waals surface area (Å²) in [7, 11) is 5.36. The average Bonchev–Trinajstić information content (AvgIpc) is 1.35. The lowest BCUT2D eigenvalue weighted by Gasteiger charge is -1.98. The highest BCUT2D eigenvalue weighted by atomic mass is 28.1. The average molecular weight is 100 g/mol. The van der Waals surface area contributed by atoms with Crippen LogP contribution >= 0.6 is 0 Å². The molecule has 0 aliphatic carbocycles. The topological polar surface area (TPSA) is 12.0 Å². The second kappa shape index (κ2) is 3.37. The quantitative estimate of drug-likeness (QED) is 0.488. The molecule has 1 nitrogen and oxygen atoms in total. The number of rotatable bonds is 2.